The van der Waals surface area contributed by atoms with E-state index in [-0.39, 0.29) is 10.4 Å². The molecule has 0 spiro atoms. The van der Waals surface area contributed by atoms with Gasteiger partial charge < -0.3 is 5.32 Å². The van der Waals surface area contributed by atoms with Crippen molar-refractivity contribution in [2.75, 3.05) is 0 Å². The van der Waals surface area contributed by atoms with Crippen LogP contribution < -0.4 is 5.32 Å². The summed E-state index contributed by atoms with van der Waals surface area (Å²) in [4.78, 5) is 10.1. The van der Waals surface area contributed by atoms with Gasteiger partial charge in [-0.2, -0.15) is 0 Å². The molecule has 2 nitrogen and oxygen atoms in total. The Morgan fingerprint density at radius 3 is 1.88 bits per heavy atom. The van der Waals surface area contributed by atoms with E-state index in [9.17, 15) is 4.79 Å². The standard InChI is InChI=1S/C5H10BrNO/c1-5(2,3)7-4(6)8/h1-3H3,(H,7,8). The summed E-state index contributed by atoms with van der Waals surface area (Å²) >= 11 is 2.76. The van der Waals surface area contributed by atoms with Crippen LogP contribution >= 0.6 is 15.9 Å². The normalized spacial score (nSPS) is 11.0. The van der Waals surface area contributed by atoms with Gasteiger partial charge in [-0.15, -0.1) is 0 Å². The number of amides is 1. The molecule has 0 unspecified atom stereocenters. The predicted octanol–water partition coefficient (Wildman–Crippen LogP) is 1.89. The molecule has 3 heteroatoms. The molecule has 0 heterocycles. The van der Waals surface area contributed by atoms with Gasteiger partial charge in [-0.3, -0.25) is 4.79 Å². The van der Waals surface area contributed by atoms with Gasteiger partial charge in [-0.05, 0) is 20.8 Å². The summed E-state index contributed by atoms with van der Waals surface area (Å²) in [5, 5.41) is 2.66. The number of carbonyl (C=O) groups excluding carboxylic acids is 1. The van der Waals surface area contributed by atoms with Crippen LogP contribution in [0.3, 0.4) is 0 Å². The van der Waals surface area contributed by atoms with Crippen LogP contribution in [0.1, 0.15) is 20.8 Å². The maximum atomic E-state index is 10.3. The van der Waals surface area contributed by atoms with Crippen LogP contribution in [0.5, 0.6) is 0 Å². The van der Waals surface area contributed by atoms with Gasteiger partial charge in [0.15, 0.2) is 0 Å². The first-order chi connectivity index (χ1) is 3.42. The molecule has 0 radical (unpaired) electrons. The van der Waals surface area contributed by atoms with Crippen LogP contribution in [0.4, 0.5) is 4.79 Å². The lowest BCUT2D eigenvalue weighted by Crippen LogP contribution is -2.37. The Balaban J connectivity index is 3.55. The molecule has 1 amide bonds. The molecule has 0 aromatic rings. The van der Waals surface area contributed by atoms with Crippen molar-refractivity contribution in [1.29, 1.82) is 0 Å². The molecule has 0 aliphatic rings. The zero-order valence-electron chi connectivity index (χ0n) is 5.29. The Morgan fingerprint density at radius 1 is 1.50 bits per heavy atom. The van der Waals surface area contributed by atoms with E-state index >= 15 is 0 Å². The summed E-state index contributed by atoms with van der Waals surface area (Å²) in [7, 11) is 0. The van der Waals surface area contributed by atoms with Gasteiger partial charge in [0.05, 0.1) is 0 Å². The fraction of sp³-hybridized carbons (Fsp3) is 0.800. The van der Waals surface area contributed by atoms with Gasteiger partial charge in [-0.1, -0.05) is 0 Å². The van der Waals surface area contributed by atoms with Crippen molar-refractivity contribution in [1.82, 2.24) is 5.32 Å². The van der Waals surface area contributed by atoms with E-state index in [1.807, 2.05) is 20.8 Å². The van der Waals surface area contributed by atoms with Crippen LogP contribution in [-0.4, -0.2) is 10.4 Å². The van der Waals surface area contributed by atoms with Crippen LogP contribution in [0.25, 0.3) is 0 Å². The molecule has 0 rings (SSSR count). The van der Waals surface area contributed by atoms with Crippen LogP contribution in [-0.2, 0) is 0 Å². The maximum absolute atomic E-state index is 10.3. The molecule has 1 N–H and O–H groups in total. The van der Waals surface area contributed by atoms with E-state index in [0.717, 1.165) is 0 Å². The monoisotopic (exact) mass is 179 g/mol. The Hall–Kier alpha value is -0.0500. The SMILES string of the molecule is CC(C)(C)NC(=O)Br. The third-order valence-corrected chi connectivity index (χ3v) is 0.672. The van der Waals surface area contributed by atoms with Gasteiger partial charge >= 0.3 is 0 Å². The number of rotatable bonds is 0. The summed E-state index contributed by atoms with van der Waals surface area (Å²) in [6, 6.07) is 0. The van der Waals surface area contributed by atoms with E-state index in [2.05, 4.69) is 21.2 Å². The average molecular weight is 180 g/mol. The lowest BCUT2D eigenvalue weighted by molar-refractivity contribution is 0.254. The first-order valence-corrected chi connectivity index (χ1v) is 3.19. The largest absolute Gasteiger partial charge is 0.342 e. The van der Waals surface area contributed by atoms with Crippen molar-refractivity contribution in [3.05, 3.63) is 0 Å². The Bertz CT molecular complexity index is 95.1. The smallest absolute Gasteiger partial charge is 0.287 e. The lowest BCUT2D eigenvalue weighted by atomic mass is 10.1. The minimum absolute atomic E-state index is 0.124. The van der Waals surface area contributed by atoms with E-state index in [1.54, 1.807) is 0 Å². The van der Waals surface area contributed by atoms with Crippen molar-refractivity contribution in [2.45, 2.75) is 26.3 Å². The van der Waals surface area contributed by atoms with Crippen molar-refractivity contribution in [2.24, 2.45) is 0 Å². The van der Waals surface area contributed by atoms with Gasteiger partial charge in [0.1, 0.15) is 0 Å². The summed E-state index contributed by atoms with van der Waals surface area (Å²) in [5.41, 5.74) is -0.124. The predicted molar refractivity (Wildman–Crippen MR) is 37.2 cm³/mol. The van der Waals surface area contributed by atoms with Gasteiger partial charge in [0.25, 0.3) is 4.82 Å². The highest BCUT2D eigenvalue weighted by atomic mass is 79.9. The lowest BCUT2D eigenvalue weighted by Gasteiger charge is -2.17. The fourth-order valence-electron chi connectivity index (χ4n) is 0.295. The molecule has 0 aliphatic heterocycles. The highest BCUT2D eigenvalue weighted by molar-refractivity contribution is 9.18. The number of nitrogens with one attached hydrogen (secondary N) is 1. The highest BCUT2D eigenvalue weighted by Crippen LogP contribution is 1.99. The number of hydrogen-bond acceptors (Lipinski definition) is 1. The first kappa shape index (κ1) is 7.95. The molecule has 8 heavy (non-hydrogen) atoms. The first-order valence-electron chi connectivity index (χ1n) is 2.39. The molecule has 0 aromatic heterocycles. The zero-order valence-corrected chi connectivity index (χ0v) is 6.87. The van der Waals surface area contributed by atoms with E-state index in [1.165, 1.54) is 0 Å². The molecule has 0 bridgehead atoms. The Morgan fingerprint density at radius 2 is 1.88 bits per heavy atom. The van der Waals surface area contributed by atoms with Gasteiger partial charge in [0.2, 0.25) is 0 Å². The molecule has 48 valence electrons. The summed E-state index contributed by atoms with van der Waals surface area (Å²) < 4.78 is 0. The molecular weight excluding hydrogens is 170 g/mol. The fourth-order valence-corrected chi connectivity index (χ4v) is 0.890. The van der Waals surface area contributed by atoms with Crippen molar-refractivity contribution >= 4 is 20.7 Å². The second kappa shape index (κ2) is 2.49. The van der Waals surface area contributed by atoms with Gasteiger partial charge in [0, 0.05) is 21.5 Å². The van der Waals surface area contributed by atoms with Crippen LogP contribution in [0.15, 0.2) is 0 Å². The van der Waals surface area contributed by atoms with Crippen molar-refractivity contribution < 1.29 is 4.79 Å². The maximum Gasteiger partial charge on any atom is 0.287 e. The minimum Gasteiger partial charge on any atom is -0.342 e. The summed E-state index contributed by atoms with van der Waals surface area (Å²) in [6.45, 7) is 5.77. The van der Waals surface area contributed by atoms with Crippen LogP contribution in [0, 0.1) is 0 Å². The van der Waals surface area contributed by atoms with Crippen molar-refractivity contribution in [3.8, 4) is 0 Å². The summed E-state index contributed by atoms with van der Waals surface area (Å²) in [6.07, 6.45) is 0. The van der Waals surface area contributed by atoms with Crippen LogP contribution in [0.2, 0.25) is 0 Å². The Labute approximate surface area is 57.8 Å². The zero-order chi connectivity index (χ0) is 6.78. The molecule has 0 saturated heterocycles. The number of carbonyl (C=O) groups is 1. The topological polar surface area (TPSA) is 29.1 Å². The second-order valence-corrected chi connectivity index (χ2v) is 3.37. The number of halogens is 1. The molecule has 0 aliphatic carbocycles. The second-order valence-electron chi connectivity index (χ2n) is 2.65. The number of hydrogen-bond donors (Lipinski definition) is 1. The van der Waals surface area contributed by atoms with Gasteiger partial charge in [-0.25, -0.2) is 0 Å². The third-order valence-electron chi connectivity index (χ3n) is 0.473. The molecule has 0 aromatic carbocycles. The third kappa shape index (κ3) is 5.95. The van der Waals surface area contributed by atoms with E-state index in [4.69, 9.17) is 0 Å². The molecule has 0 saturated carbocycles. The average Bonchev–Trinajstić information content (AvgIpc) is 1.21. The van der Waals surface area contributed by atoms with E-state index < -0.39 is 0 Å². The molecule has 0 atom stereocenters. The minimum atomic E-state index is -0.162. The quantitative estimate of drug-likeness (QED) is 0.447. The van der Waals surface area contributed by atoms with Crippen molar-refractivity contribution in [3.63, 3.8) is 0 Å². The Kier molecular flexibility index (Phi) is 2.47. The summed E-state index contributed by atoms with van der Waals surface area (Å²) in [5.74, 6) is 0. The highest BCUT2D eigenvalue weighted by Gasteiger charge is 2.09. The molecular formula is C5H10BrNO. The van der Waals surface area contributed by atoms with E-state index in [0.29, 0.717) is 0 Å². The molecule has 0 fully saturated rings.